The number of para-hydroxylation sites is 1. The van der Waals surface area contributed by atoms with Crippen LogP contribution in [0.3, 0.4) is 0 Å². The Morgan fingerprint density at radius 3 is 2.80 bits per heavy atom. The molecule has 7 nitrogen and oxygen atoms in total. The first-order valence-corrected chi connectivity index (χ1v) is 8.42. The van der Waals surface area contributed by atoms with Crippen molar-refractivity contribution >= 4 is 17.2 Å². The molecule has 0 aliphatic rings. The molecule has 0 atom stereocenters. The lowest BCUT2D eigenvalue weighted by molar-refractivity contribution is 0.0948. The van der Waals surface area contributed by atoms with Gasteiger partial charge in [-0.2, -0.15) is 5.10 Å². The predicted molar refractivity (Wildman–Crippen MR) is 90.1 cm³/mol. The molecule has 25 heavy (non-hydrogen) atoms. The minimum atomic E-state index is -0.406. The van der Waals surface area contributed by atoms with Crippen molar-refractivity contribution in [1.29, 1.82) is 0 Å². The highest BCUT2D eigenvalue weighted by Gasteiger charge is 2.15. The zero-order chi connectivity index (χ0) is 17.8. The number of hydrogen-bond donors (Lipinski definition) is 2. The third kappa shape index (κ3) is 3.89. The highest BCUT2D eigenvalue weighted by atomic mass is 32.1. The van der Waals surface area contributed by atoms with E-state index in [-0.39, 0.29) is 18.2 Å². The van der Waals surface area contributed by atoms with Crippen molar-refractivity contribution in [3.05, 3.63) is 57.6 Å². The van der Waals surface area contributed by atoms with E-state index in [1.807, 2.05) is 0 Å². The van der Waals surface area contributed by atoms with Crippen LogP contribution in [0.2, 0.25) is 0 Å². The number of aliphatic hydroxyl groups is 1. The molecule has 0 radical (unpaired) electrons. The molecular formula is C16H16FN5O2S. The maximum absolute atomic E-state index is 13.9. The quantitative estimate of drug-likeness (QED) is 0.696. The summed E-state index contributed by atoms with van der Waals surface area (Å²) in [6, 6.07) is 7.86. The predicted octanol–water partition coefficient (Wildman–Crippen LogP) is 1.64. The average molecular weight is 361 g/mol. The lowest BCUT2D eigenvalue weighted by Crippen LogP contribution is -2.26. The van der Waals surface area contributed by atoms with Crippen LogP contribution in [0.25, 0.3) is 5.69 Å². The molecule has 1 amide bonds. The molecule has 0 spiro atoms. The number of nitrogens with zero attached hydrogens (tertiary/aromatic N) is 4. The first kappa shape index (κ1) is 17.2. The van der Waals surface area contributed by atoms with Gasteiger partial charge >= 0.3 is 0 Å². The van der Waals surface area contributed by atoms with Crippen molar-refractivity contribution in [2.24, 2.45) is 0 Å². The van der Waals surface area contributed by atoms with Crippen LogP contribution in [0.1, 0.15) is 26.2 Å². The molecule has 0 saturated heterocycles. The van der Waals surface area contributed by atoms with Gasteiger partial charge in [-0.1, -0.05) is 23.5 Å². The molecule has 0 fully saturated rings. The second kappa shape index (κ2) is 7.49. The fourth-order valence-corrected chi connectivity index (χ4v) is 2.98. The number of aryl methyl sites for hydroxylation is 1. The van der Waals surface area contributed by atoms with Gasteiger partial charge in [0.25, 0.3) is 5.91 Å². The highest BCUT2D eigenvalue weighted by Crippen LogP contribution is 2.15. The standard InChI is InChI=1S/C16H16FN5O2S/c1-10-8-12(21-22(10)13-5-3-2-4-11(13)17)16(24)18-7-6-14-19-20-15(9-23)25-14/h2-5,8,23H,6-7,9H2,1H3,(H,18,24). The summed E-state index contributed by atoms with van der Waals surface area (Å²) in [6.45, 7) is 1.98. The zero-order valence-corrected chi connectivity index (χ0v) is 14.3. The minimum absolute atomic E-state index is 0.142. The Kier molecular flexibility index (Phi) is 5.15. The summed E-state index contributed by atoms with van der Waals surface area (Å²) < 4.78 is 15.3. The fourth-order valence-electron chi connectivity index (χ4n) is 2.28. The number of halogens is 1. The number of carbonyl (C=O) groups excluding carboxylic acids is 1. The van der Waals surface area contributed by atoms with E-state index in [1.54, 1.807) is 31.2 Å². The van der Waals surface area contributed by atoms with E-state index in [2.05, 4.69) is 20.6 Å². The van der Waals surface area contributed by atoms with Crippen molar-refractivity contribution in [3.63, 3.8) is 0 Å². The number of hydrogen-bond acceptors (Lipinski definition) is 6. The van der Waals surface area contributed by atoms with Crippen molar-refractivity contribution in [3.8, 4) is 5.69 Å². The van der Waals surface area contributed by atoms with Gasteiger partial charge in [0, 0.05) is 18.7 Å². The van der Waals surface area contributed by atoms with E-state index < -0.39 is 5.82 Å². The van der Waals surface area contributed by atoms with Gasteiger partial charge in [-0.05, 0) is 25.1 Å². The highest BCUT2D eigenvalue weighted by molar-refractivity contribution is 7.11. The third-order valence-corrected chi connectivity index (χ3v) is 4.44. The number of benzene rings is 1. The molecular weight excluding hydrogens is 345 g/mol. The molecule has 0 bridgehead atoms. The van der Waals surface area contributed by atoms with Crippen LogP contribution in [0.5, 0.6) is 0 Å². The van der Waals surface area contributed by atoms with Gasteiger partial charge in [0.15, 0.2) is 5.69 Å². The second-order valence-electron chi connectivity index (χ2n) is 5.29. The number of rotatable bonds is 6. The molecule has 3 rings (SSSR count). The van der Waals surface area contributed by atoms with E-state index in [4.69, 9.17) is 5.11 Å². The summed E-state index contributed by atoms with van der Waals surface area (Å²) in [4.78, 5) is 12.2. The summed E-state index contributed by atoms with van der Waals surface area (Å²) in [6.07, 6.45) is 0.510. The summed E-state index contributed by atoms with van der Waals surface area (Å²) in [7, 11) is 0. The van der Waals surface area contributed by atoms with Crippen LogP contribution in [0, 0.1) is 12.7 Å². The zero-order valence-electron chi connectivity index (χ0n) is 13.4. The lowest BCUT2D eigenvalue weighted by Gasteiger charge is -2.05. The molecule has 2 aromatic heterocycles. The fraction of sp³-hybridized carbons (Fsp3) is 0.250. The van der Waals surface area contributed by atoms with Crippen molar-refractivity contribution in [2.45, 2.75) is 20.0 Å². The summed E-state index contributed by atoms with van der Waals surface area (Å²) >= 11 is 1.30. The van der Waals surface area contributed by atoms with E-state index in [1.165, 1.54) is 22.1 Å². The lowest BCUT2D eigenvalue weighted by atomic mass is 10.3. The van der Waals surface area contributed by atoms with Crippen LogP contribution in [-0.4, -0.2) is 37.5 Å². The van der Waals surface area contributed by atoms with Gasteiger partial charge in [0.2, 0.25) is 0 Å². The van der Waals surface area contributed by atoms with E-state index >= 15 is 0 Å². The average Bonchev–Trinajstić information content (AvgIpc) is 3.22. The van der Waals surface area contributed by atoms with Gasteiger partial charge in [-0.15, -0.1) is 10.2 Å². The number of aliphatic hydroxyl groups excluding tert-OH is 1. The first-order chi connectivity index (χ1) is 12.1. The molecule has 2 heterocycles. The van der Waals surface area contributed by atoms with Gasteiger partial charge in [-0.25, -0.2) is 9.07 Å². The van der Waals surface area contributed by atoms with Crippen LogP contribution in [0.15, 0.2) is 30.3 Å². The molecule has 3 aromatic rings. The number of amides is 1. The van der Waals surface area contributed by atoms with Crippen LogP contribution in [0.4, 0.5) is 4.39 Å². The van der Waals surface area contributed by atoms with Gasteiger partial charge < -0.3 is 10.4 Å². The summed E-state index contributed by atoms with van der Waals surface area (Å²) in [5.41, 5.74) is 1.17. The molecule has 130 valence electrons. The molecule has 1 aromatic carbocycles. The largest absolute Gasteiger partial charge is 0.389 e. The minimum Gasteiger partial charge on any atom is -0.389 e. The molecule has 0 aliphatic heterocycles. The SMILES string of the molecule is Cc1cc(C(=O)NCCc2nnc(CO)s2)nn1-c1ccccc1F. The van der Waals surface area contributed by atoms with E-state index in [0.717, 1.165) is 5.01 Å². The van der Waals surface area contributed by atoms with Gasteiger partial charge in [-0.3, -0.25) is 4.79 Å². The molecule has 0 unspecified atom stereocenters. The number of nitrogens with one attached hydrogen (secondary N) is 1. The Bertz CT molecular complexity index is 892. The molecule has 2 N–H and O–H groups in total. The summed E-state index contributed by atoms with van der Waals surface area (Å²) in [5, 5.41) is 24.9. The Labute approximate surface area is 147 Å². The van der Waals surface area contributed by atoms with Gasteiger partial charge in [0.1, 0.15) is 21.5 Å². The second-order valence-corrected chi connectivity index (χ2v) is 6.43. The van der Waals surface area contributed by atoms with Crippen molar-refractivity contribution in [2.75, 3.05) is 6.54 Å². The van der Waals surface area contributed by atoms with Crippen LogP contribution in [-0.2, 0) is 13.0 Å². The number of carbonyl (C=O) groups is 1. The summed E-state index contributed by atoms with van der Waals surface area (Å²) in [5.74, 6) is -0.748. The van der Waals surface area contributed by atoms with E-state index in [9.17, 15) is 9.18 Å². The Morgan fingerprint density at radius 2 is 2.08 bits per heavy atom. The molecule has 0 aliphatic carbocycles. The molecule has 9 heteroatoms. The Hall–Kier alpha value is -2.65. The van der Waals surface area contributed by atoms with Gasteiger partial charge in [0.05, 0.1) is 6.61 Å². The maximum Gasteiger partial charge on any atom is 0.271 e. The number of aromatic nitrogens is 4. The maximum atomic E-state index is 13.9. The van der Waals surface area contributed by atoms with Crippen molar-refractivity contribution in [1.82, 2.24) is 25.3 Å². The van der Waals surface area contributed by atoms with E-state index in [0.29, 0.717) is 29.4 Å². The normalized spacial score (nSPS) is 10.8. The first-order valence-electron chi connectivity index (χ1n) is 7.60. The molecule has 0 saturated carbocycles. The smallest absolute Gasteiger partial charge is 0.271 e. The Balaban J connectivity index is 1.65. The monoisotopic (exact) mass is 361 g/mol. The Morgan fingerprint density at radius 1 is 1.32 bits per heavy atom. The van der Waals surface area contributed by atoms with Crippen LogP contribution >= 0.6 is 11.3 Å². The van der Waals surface area contributed by atoms with Crippen LogP contribution < -0.4 is 5.32 Å². The topological polar surface area (TPSA) is 92.9 Å². The van der Waals surface area contributed by atoms with Crippen molar-refractivity contribution < 1.29 is 14.3 Å². The third-order valence-electron chi connectivity index (χ3n) is 3.47.